The van der Waals surface area contributed by atoms with E-state index in [0.29, 0.717) is 24.6 Å². The molecule has 0 saturated carbocycles. The largest absolute Gasteiger partial charge is 0.480 e. The highest BCUT2D eigenvalue weighted by Gasteiger charge is 2.28. The molecule has 1 aliphatic heterocycles. The van der Waals surface area contributed by atoms with E-state index in [2.05, 4.69) is 5.32 Å². The molecule has 5 heteroatoms. The minimum atomic E-state index is -0.493. The first-order valence-corrected chi connectivity index (χ1v) is 8.81. The van der Waals surface area contributed by atoms with Crippen LogP contribution in [0.25, 0.3) is 0 Å². The quantitative estimate of drug-likeness (QED) is 0.851. The molecule has 1 aliphatic rings. The summed E-state index contributed by atoms with van der Waals surface area (Å²) in [6.45, 7) is 5.10. The van der Waals surface area contributed by atoms with Crippen LogP contribution in [-0.4, -0.2) is 18.1 Å². The first kappa shape index (κ1) is 17.8. The smallest absolute Gasteiger partial charge is 0.261 e. The van der Waals surface area contributed by atoms with Crippen molar-refractivity contribution in [2.24, 2.45) is 0 Å². The van der Waals surface area contributed by atoms with Crippen molar-refractivity contribution in [2.45, 2.75) is 45.6 Å². The Bertz CT molecular complexity index is 743. The zero-order valence-electron chi connectivity index (χ0n) is 14.4. The monoisotopic (exact) mass is 359 g/mol. The maximum atomic E-state index is 12.3. The lowest BCUT2D eigenvalue weighted by molar-refractivity contribution is -0.127. The van der Waals surface area contributed by atoms with Gasteiger partial charge in [0.2, 0.25) is 0 Å². The summed E-state index contributed by atoms with van der Waals surface area (Å²) in [5.41, 5.74) is 3.14. The van der Waals surface area contributed by atoms with E-state index in [1.807, 2.05) is 50.2 Å². The molecule has 2 aromatic rings. The van der Waals surface area contributed by atoms with E-state index in [0.717, 1.165) is 22.4 Å². The number of carbonyl (C=O) groups is 1. The molecule has 3 rings (SSSR count). The fourth-order valence-corrected chi connectivity index (χ4v) is 2.88. The van der Waals surface area contributed by atoms with Crippen LogP contribution < -0.4 is 10.1 Å². The third kappa shape index (κ3) is 4.74. The third-order valence-corrected chi connectivity index (χ3v) is 4.30. The molecular weight excluding hydrogens is 338 g/mol. The second-order valence-corrected chi connectivity index (χ2v) is 6.89. The van der Waals surface area contributed by atoms with Crippen molar-refractivity contribution >= 4 is 17.5 Å². The average Bonchev–Trinajstić information content (AvgIpc) is 3.02. The first-order chi connectivity index (χ1) is 12.0. The summed E-state index contributed by atoms with van der Waals surface area (Å²) in [5, 5.41) is 3.59. The fourth-order valence-electron chi connectivity index (χ4n) is 2.68. The lowest BCUT2D eigenvalue weighted by Crippen LogP contribution is -2.37. The SMILES string of the molecule is CC(C)OCc1ccc(CNC(=O)[C@@H]2Cc3cc(Cl)ccc3O2)cc1. The van der Waals surface area contributed by atoms with Crippen LogP contribution in [0.15, 0.2) is 42.5 Å². The van der Waals surface area contributed by atoms with Crippen LogP contribution in [0.1, 0.15) is 30.5 Å². The Morgan fingerprint density at radius 3 is 2.68 bits per heavy atom. The Morgan fingerprint density at radius 1 is 1.24 bits per heavy atom. The molecule has 2 aromatic carbocycles. The number of fused-ring (bicyclic) bond motifs is 1. The number of hydrogen-bond donors (Lipinski definition) is 1. The van der Waals surface area contributed by atoms with Gasteiger partial charge in [-0.05, 0) is 48.7 Å². The van der Waals surface area contributed by atoms with E-state index >= 15 is 0 Å². The maximum absolute atomic E-state index is 12.3. The van der Waals surface area contributed by atoms with E-state index in [1.54, 1.807) is 6.07 Å². The van der Waals surface area contributed by atoms with Gasteiger partial charge in [0.25, 0.3) is 5.91 Å². The molecule has 0 aliphatic carbocycles. The third-order valence-electron chi connectivity index (χ3n) is 4.06. The molecule has 1 heterocycles. The summed E-state index contributed by atoms with van der Waals surface area (Å²) >= 11 is 5.98. The molecule has 4 nitrogen and oxygen atoms in total. The van der Waals surface area contributed by atoms with Gasteiger partial charge in [-0.15, -0.1) is 0 Å². The van der Waals surface area contributed by atoms with Gasteiger partial charge in [-0.25, -0.2) is 0 Å². The molecule has 1 N–H and O–H groups in total. The van der Waals surface area contributed by atoms with Crippen LogP contribution >= 0.6 is 11.6 Å². The number of nitrogens with one attached hydrogen (secondary N) is 1. The predicted molar refractivity (Wildman–Crippen MR) is 97.8 cm³/mol. The van der Waals surface area contributed by atoms with Crippen molar-refractivity contribution in [1.29, 1.82) is 0 Å². The van der Waals surface area contributed by atoms with E-state index in [1.165, 1.54) is 0 Å². The minimum Gasteiger partial charge on any atom is -0.480 e. The molecule has 0 saturated heterocycles. The van der Waals surface area contributed by atoms with Gasteiger partial charge >= 0.3 is 0 Å². The lowest BCUT2D eigenvalue weighted by Gasteiger charge is -2.12. The molecule has 25 heavy (non-hydrogen) atoms. The van der Waals surface area contributed by atoms with Crippen molar-refractivity contribution in [1.82, 2.24) is 5.32 Å². The summed E-state index contributed by atoms with van der Waals surface area (Å²) in [7, 11) is 0. The van der Waals surface area contributed by atoms with E-state index in [4.69, 9.17) is 21.1 Å². The maximum Gasteiger partial charge on any atom is 0.261 e. The normalized spacial score (nSPS) is 15.8. The van der Waals surface area contributed by atoms with Gasteiger partial charge in [0.05, 0.1) is 12.7 Å². The van der Waals surface area contributed by atoms with Gasteiger partial charge in [0.15, 0.2) is 6.10 Å². The fraction of sp³-hybridized carbons (Fsp3) is 0.350. The highest BCUT2D eigenvalue weighted by molar-refractivity contribution is 6.30. The van der Waals surface area contributed by atoms with Gasteiger partial charge in [-0.1, -0.05) is 35.9 Å². The first-order valence-electron chi connectivity index (χ1n) is 8.43. The van der Waals surface area contributed by atoms with E-state index < -0.39 is 6.10 Å². The molecule has 0 radical (unpaired) electrons. The number of rotatable bonds is 6. The van der Waals surface area contributed by atoms with Crippen LogP contribution in [0.3, 0.4) is 0 Å². The van der Waals surface area contributed by atoms with Gasteiger partial charge in [-0.3, -0.25) is 4.79 Å². The van der Waals surface area contributed by atoms with E-state index in [9.17, 15) is 4.79 Å². The minimum absolute atomic E-state index is 0.112. The van der Waals surface area contributed by atoms with Crippen LogP contribution in [0.4, 0.5) is 0 Å². The Morgan fingerprint density at radius 2 is 1.96 bits per heavy atom. The zero-order chi connectivity index (χ0) is 17.8. The number of halogens is 1. The molecular formula is C20H22ClNO3. The second-order valence-electron chi connectivity index (χ2n) is 6.46. The Labute approximate surface area is 153 Å². The summed E-state index contributed by atoms with van der Waals surface area (Å²) in [5.74, 6) is 0.624. The lowest BCUT2D eigenvalue weighted by atomic mass is 10.1. The Balaban J connectivity index is 1.50. The molecule has 1 amide bonds. The molecule has 1 atom stereocenters. The molecule has 0 unspecified atom stereocenters. The van der Waals surface area contributed by atoms with E-state index in [-0.39, 0.29) is 12.0 Å². The van der Waals surface area contributed by atoms with Gasteiger partial charge in [0.1, 0.15) is 5.75 Å². The number of hydrogen-bond acceptors (Lipinski definition) is 3. The van der Waals surface area contributed by atoms with Crippen molar-refractivity contribution in [3.8, 4) is 5.75 Å². The highest BCUT2D eigenvalue weighted by atomic mass is 35.5. The zero-order valence-corrected chi connectivity index (χ0v) is 15.2. The molecule has 0 fully saturated rings. The van der Waals surface area contributed by atoms with Crippen LogP contribution in [0, 0.1) is 0 Å². The highest BCUT2D eigenvalue weighted by Crippen LogP contribution is 2.31. The van der Waals surface area contributed by atoms with Crippen LogP contribution in [0.5, 0.6) is 5.75 Å². The van der Waals surface area contributed by atoms with Crippen LogP contribution in [-0.2, 0) is 29.1 Å². The molecule has 0 aromatic heterocycles. The number of benzene rings is 2. The van der Waals surface area contributed by atoms with Gasteiger partial charge in [-0.2, -0.15) is 0 Å². The summed E-state index contributed by atoms with van der Waals surface area (Å²) < 4.78 is 11.3. The summed E-state index contributed by atoms with van der Waals surface area (Å²) in [6.07, 6.45) is 0.268. The topological polar surface area (TPSA) is 47.6 Å². The Kier molecular flexibility index (Phi) is 5.61. The second kappa shape index (κ2) is 7.89. The number of amides is 1. The van der Waals surface area contributed by atoms with Crippen LogP contribution in [0.2, 0.25) is 5.02 Å². The summed E-state index contributed by atoms with van der Waals surface area (Å²) in [4.78, 5) is 12.3. The number of ether oxygens (including phenoxy) is 2. The predicted octanol–water partition coefficient (Wildman–Crippen LogP) is 3.88. The van der Waals surface area contributed by atoms with Crippen molar-refractivity contribution in [3.63, 3.8) is 0 Å². The standard InChI is InChI=1S/C20H22ClNO3/c1-13(2)24-12-15-5-3-14(4-6-15)11-22-20(23)19-10-16-9-17(21)7-8-18(16)25-19/h3-9,13,19H,10-12H2,1-2H3,(H,22,23)/t19-/m0/s1. The van der Waals surface area contributed by atoms with Crippen molar-refractivity contribution < 1.29 is 14.3 Å². The molecule has 0 bridgehead atoms. The number of carbonyl (C=O) groups excluding carboxylic acids is 1. The average molecular weight is 360 g/mol. The Hall–Kier alpha value is -2.04. The molecule has 132 valence electrons. The van der Waals surface area contributed by atoms with Gasteiger partial charge < -0.3 is 14.8 Å². The van der Waals surface area contributed by atoms with Gasteiger partial charge in [0, 0.05) is 18.0 Å². The summed E-state index contributed by atoms with van der Waals surface area (Å²) in [6, 6.07) is 13.5. The molecule has 0 spiro atoms. The van der Waals surface area contributed by atoms with Crippen molar-refractivity contribution in [3.05, 3.63) is 64.2 Å². The van der Waals surface area contributed by atoms with Crippen molar-refractivity contribution in [2.75, 3.05) is 0 Å².